The molecule has 1 aromatic rings. The summed E-state index contributed by atoms with van der Waals surface area (Å²) in [6.07, 6.45) is -4.46. The molecule has 140 valence electrons. The number of alkyl halides is 3. The van der Waals surface area contributed by atoms with E-state index in [1.165, 1.54) is 13.2 Å². The monoisotopic (exact) mass is 391 g/mol. The highest BCUT2D eigenvalue weighted by molar-refractivity contribution is 5.95. The highest BCUT2D eigenvalue weighted by Crippen LogP contribution is 2.34. The van der Waals surface area contributed by atoms with Gasteiger partial charge in [0, 0.05) is 27.7 Å². The van der Waals surface area contributed by atoms with Gasteiger partial charge in [0.2, 0.25) is 5.91 Å². The molecular weight excluding hydrogens is 370 g/mol. The Labute approximate surface area is 151 Å². The minimum Gasteiger partial charge on any atom is -0.383 e. The number of rotatable bonds is 7. The van der Waals surface area contributed by atoms with E-state index < -0.39 is 17.6 Å². The van der Waals surface area contributed by atoms with Crippen LogP contribution >= 0.6 is 24.8 Å². The molecule has 1 aromatic carbocycles. The summed E-state index contributed by atoms with van der Waals surface area (Å²) in [5, 5.41) is 5.32. The third kappa shape index (κ3) is 8.05. The zero-order valence-corrected chi connectivity index (χ0v) is 15.2. The number of ether oxygens (including phenoxy) is 1. The van der Waals surface area contributed by atoms with Gasteiger partial charge in [-0.1, -0.05) is 0 Å². The number of nitrogens with one attached hydrogen (secondary N) is 2. The Kier molecular flexibility index (Phi) is 11.8. The quantitative estimate of drug-likeness (QED) is 0.701. The number of benzene rings is 1. The van der Waals surface area contributed by atoms with Crippen LogP contribution in [0.15, 0.2) is 18.2 Å². The predicted octanol–water partition coefficient (Wildman–Crippen LogP) is 2.79. The van der Waals surface area contributed by atoms with Gasteiger partial charge in [-0.2, -0.15) is 13.2 Å². The van der Waals surface area contributed by atoms with Gasteiger partial charge in [-0.15, -0.1) is 24.8 Å². The lowest BCUT2D eigenvalue weighted by Crippen LogP contribution is -2.30. The minimum absolute atomic E-state index is 0. The molecule has 0 aliphatic rings. The molecule has 0 bridgehead atoms. The normalized spacial score (nSPS) is 10.4. The zero-order chi connectivity index (χ0) is 16.8. The largest absolute Gasteiger partial charge is 0.416 e. The van der Waals surface area contributed by atoms with Gasteiger partial charge in [-0.25, -0.2) is 0 Å². The van der Waals surface area contributed by atoms with E-state index in [0.717, 1.165) is 12.1 Å². The summed E-state index contributed by atoms with van der Waals surface area (Å²) in [6.45, 7) is 0.916. The van der Waals surface area contributed by atoms with Gasteiger partial charge in [-0.05, 0) is 18.2 Å². The van der Waals surface area contributed by atoms with Crippen LogP contribution in [-0.2, 0) is 15.7 Å². The minimum atomic E-state index is -4.46. The van der Waals surface area contributed by atoms with Crippen LogP contribution in [0.5, 0.6) is 0 Å². The first kappa shape index (κ1) is 25.0. The van der Waals surface area contributed by atoms with Gasteiger partial charge in [-0.3, -0.25) is 4.79 Å². The molecule has 0 aliphatic heterocycles. The summed E-state index contributed by atoms with van der Waals surface area (Å²) < 4.78 is 43.1. The zero-order valence-electron chi connectivity index (χ0n) is 13.6. The SMILES string of the molecule is COCCNCC(=O)Nc1cc(C(F)(F)F)ccc1N(C)C.Cl.Cl. The van der Waals surface area contributed by atoms with E-state index in [1.54, 1.807) is 19.0 Å². The van der Waals surface area contributed by atoms with Crippen molar-refractivity contribution in [1.82, 2.24) is 5.32 Å². The first-order chi connectivity index (χ1) is 10.3. The smallest absolute Gasteiger partial charge is 0.383 e. The molecule has 0 saturated carbocycles. The molecule has 0 radical (unpaired) electrons. The second-order valence-electron chi connectivity index (χ2n) is 4.84. The Morgan fingerprint density at radius 1 is 1.25 bits per heavy atom. The van der Waals surface area contributed by atoms with Crippen LogP contribution in [0.3, 0.4) is 0 Å². The number of hydrogen-bond donors (Lipinski definition) is 2. The van der Waals surface area contributed by atoms with Crippen molar-refractivity contribution in [2.45, 2.75) is 6.18 Å². The molecule has 0 spiro atoms. The van der Waals surface area contributed by atoms with Crippen LogP contribution in [0, 0.1) is 0 Å². The molecule has 0 atom stereocenters. The molecule has 0 saturated heterocycles. The van der Waals surface area contributed by atoms with E-state index in [1.807, 2.05) is 0 Å². The summed E-state index contributed by atoms with van der Waals surface area (Å²) in [6, 6.07) is 3.25. The van der Waals surface area contributed by atoms with E-state index >= 15 is 0 Å². The number of carbonyl (C=O) groups excluding carboxylic acids is 1. The number of anilines is 2. The molecule has 24 heavy (non-hydrogen) atoms. The Morgan fingerprint density at radius 3 is 2.38 bits per heavy atom. The molecule has 0 aliphatic carbocycles. The van der Waals surface area contributed by atoms with Gasteiger partial charge in [0.15, 0.2) is 0 Å². The van der Waals surface area contributed by atoms with Crippen LogP contribution in [-0.4, -0.2) is 46.8 Å². The summed E-state index contributed by atoms with van der Waals surface area (Å²) >= 11 is 0. The third-order valence-electron chi connectivity index (χ3n) is 2.85. The topological polar surface area (TPSA) is 53.6 Å². The van der Waals surface area contributed by atoms with Crippen molar-refractivity contribution in [3.8, 4) is 0 Å². The average Bonchev–Trinajstić information content (AvgIpc) is 2.42. The van der Waals surface area contributed by atoms with Gasteiger partial charge in [0.1, 0.15) is 0 Å². The number of nitrogens with zero attached hydrogens (tertiary/aromatic N) is 1. The molecule has 2 N–H and O–H groups in total. The maximum absolute atomic E-state index is 12.8. The predicted molar refractivity (Wildman–Crippen MR) is 93.6 cm³/mol. The van der Waals surface area contributed by atoms with Crippen LogP contribution in [0.4, 0.5) is 24.5 Å². The summed E-state index contributed by atoms with van der Waals surface area (Å²) in [4.78, 5) is 13.4. The van der Waals surface area contributed by atoms with E-state index in [-0.39, 0.29) is 37.0 Å². The van der Waals surface area contributed by atoms with Gasteiger partial charge in [0.25, 0.3) is 0 Å². The lowest BCUT2D eigenvalue weighted by Gasteiger charge is -2.20. The molecule has 10 heteroatoms. The van der Waals surface area contributed by atoms with Crippen LogP contribution < -0.4 is 15.5 Å². The molecule has 0 heterocycles. The number of amides is 1. The highest BCUT2D eigenvalue weighted by Gasteiger charge is 2.31. The maximum atomic E-state index is 12.8. The Balaban J connectivity index is 0. The lowest BCUT2D eigenvalue weighted by molar-refractivity contribution is -0.137. The molecule has 0 unspecified atom stereocenters. The average molecular weight is 392 g/mol. The number of halogens is 5. The number of carbonyl (C=O) groups is 1. The first-order valence-corrected chi connectivity index (χ1v) is 6.63. The van der Waals surface area contributed by atoms with E-state index in [2.05, 4.69) is 10.6 Å². The molecule has 1 rings (SSSR count). The van der Waals surface area contributed by atoms with Crippen LogP contribution in [0.1, 0.15) is 5.56 Å². The van der Waals surface area contributed by atoms with Crippen molar-refractivity contribution < 1.29 is 22.7 Å². The fraction of sp³-hybridized carbons (Fsp3) is 0.500. The fourth-order valence-electron chi connectivity index (χ4n) is 1.77. The summed E-state index contributed by atoms with van der Waals surface area (Å²) in [5.41, 5.74) is -0.183. The second-order valence-corrected chi connectivity index (χ2v) is 4.84. The van der Waals surface area contributed by atoms with Crippen molar-refractivity contribution >= 4 is 42.1 Å². The standard InChI is InChI=1S/C14H20F3N3O2.2ClH/c1-20(2)12-5-4-10(14(15,16)17)8-11(12)19-13(21)9-18-6-7-22-3;;/h4-5,8,18H,6-7,9H2,1-3H3,(H,19,21);2*1H. The van der Waals surface area contributed by atoms with Crippen molar-refractivity contribution in [2.24, 2.45) is 0 Å². The molecule has 0 fully saturated rings. The van der Waals surface area contributed by atoms with Gasteiger partial charge < -0.3 is 20.3 Å². The fourth-order valence-corrected chi connectivity index (χ4v) is 1.77. The van der Waals surface area contributed by atoms with Crippen molar-refractivity contribution in [2.75, 3.05) is 51.1 Å². The Hall–Kier alpha value is -1.22. The first-order valence-electron chi connectivity index (χ1n) is 6.63. The maximum Gasteiger partial charge on any atom is 0.416 e. The third-order valence-corrected chi connectivity index (χ3v) is 2.85. The van der Waals surface area contributed by atoms with Crippen molar-refractivity contribution in [3.05, 3.63) is 23.8 Å². The Bertz CT molecular complexity index is 515. The molecule has 1 amide bonds. The molecule has 0 aromatic heterocycles. The van der Waals surface area contributed by atoms with Crippen molar-refractivity contribution in [3.63, 3.8) is 0 Å². The van der Waals surface area contributed by atoms with E-state index in [4.69, 9.17) is 4.74 Å². The summed E-state index contributed by atoms with van der Waals surface area (Å²) in [5.74, 6) is -0.418. The van der Waals surface area contributed by atoms with Gasteiger partial charge >= 0.3 is 6.18 Å². The van der Waals surface area contributed by atoms with Crippen molar-refractivity contribution in [1.29, 1.82) is 0 Å². The number of hydrogen-bond acceptors (Lipinski definition) is 4. The number of methoxy groups -OCH3 is 1. The summed E-state index contributed by atoms with van der Waals surface area (Å²) in [7, 11) is 4.91. The Morgan fingerprint density at radius 2 is 1.88 bits per heavy atom. The molecular formula is C14H22Cl2F3N3O2. The van der Waals surface area contributed by atoms with Crippen LogP contribution in [0.25, 0.3) is 0 Å². The second kappa shape index (κ2) is 11.4. The van der Waals surface area contributed by atoms with E-state index in [0.29, 0.717) is 18.8 Å². The highest BCUT2D eigenvalue weighted by atomic mass is 35.5. The van der Waals surface area contributed by atoms with Crippen LogP contribution in [0.2, 0.25) is 0 Å². The molecule has 5 nitrogen and oxygen atoms in total. The van der Waals surface area contributed by atoms with Gasteiger partial charge in [0.05, 0.1) is 30.1 Å². The van der Waals surface area contributed by atoms with E-state index in [9.17, 15) is 18.0 Å². The lowest BCUT2D eigenvalue weighted by atomic mass is 10.1.